The molecule has 3 aromatic rings. The average molecular weight is 386 g/mol. The van der Waals surface area contributed by atoms with Gasteiger partial charge in [0.05, 0.1) is 22.7 Å². The first-order chi connectivity index (χ1) is 12.6. The smallest absolute Gasteiger partial charge is 0.269 e. The van der Waals surface area contributed by atoms with Crippen molar-refractivity contribution < 1.29 is 9.72 Å². The zero-order chi connectivity index (χ0) is 18.1. The average Bonchev–Trinajstić information content (AvgIpc) is 3.34. The molecule has 0 saturated carbocycles. The van der Waals surface area contributed by atoms with Crippen LogP contribution in [0.25, 0.3) is 5.69 Å². The topological polar surface area (TPSA) is 90.1 Å². The third-order valence-corrected chi connectivity index (χ3v) is 5.88. The SMILES string of the molecule is O=C(Cc1cccs1)Nc1c2c(nn1-c1ccc([N+](=O)[O-])cc1)CSC2. The van der Waals surface area contributed by atoms with E-state index in [0.717, 1.165) is 27.6 Å². The van der Waals surface area contributed by atoms with Gasteiger partial charge in [-0.1, -0.05) is 6.07 Å². The van der Waals surface area contributed by atoms with Crippen LogP contribution in [-0.4, -0.2) is 20.6 Å². The molecule has 0 spiro atoms. The molecule has 26 heavy (non-hydrogen) atoms. The van der Waals surface area contributed by atoms with E-state index >= 15 is 0 Å². The predicted molar refractivity (Wildman–Crippen MR) is 102 cm³/mol. The molecule has 1 N–H and O–H groups in total. The van der Waals surface area contributed by atoms with Crippen molar-refractivity contribution in [1.82, 2.24) is 9.78 Å². The number of carbonyl (C=O) groups excluding carboxylic acids is 1. The number of nitro groups is 1. The Morgan fingerprint density at radius 1 is 1.27 bits per heavy atom. The summed E-state index contributed by atoms with van der Waals surface area (Å²) in [6.07, 6.45) is 0.311. The van der Waals surface area contributed by atoms with Crippen molar-refractivity contribution in [2.45, 2.75) is 17.9 Å². The molecular weight excluding hydrogens is 372 g/mol. The maximum atomic E-state index is 12.5. The Morgan fingerprint density at radius 3 is 2.77 bits per heavy atom. The summed E-state index contributed by atoms with van der Waals surface area (Å²) in [4.78, 5) is 23.9. The van der Waals surface area contributed by atoms with Gasteiger partial charge in [0.25, 0.3) is 5.69 Å². The maximum Gasteiger partial charge on any atom is 0.269 e. The van der Waals surface area contributed by atoms with Crippen molar-refractivity contribution in [3.63, 3.8) is 0 Å². The number of hydrogen-bond acceptors (Lipinski definition) is 6. The number of benzene rings is 1. The molecule has 0 bridgehead atoms. The molecule has 0 fully saturated rings. The summed E-state index contributed by atoms with van der Waals surface area (Å²) in [7, 11) is 0. The largest absolute Gasteiger partial charge is 0.310 e. The highest BCUT2D eigenvalue weighted by atomic mass is 32.2. The van der Waals surface area contributed by atoms with Crippen molar-refractivity contribution in [2.75, 3.05) is 5.32 Å². The Balaban J connectivity index is 1.65. The molecule has 0 unspecified atom stereocenters. The van der Waals surface area contributed by atoms with E-state index in [0.29, 0.717) is 17.9 Å². The lowest BCUT2D eigenvalue weighted by molar-refractivity contribution is -0.384. The first-order valence-corrected chi connectivity index (χ1v) is 9.91. The quantitative estimate of drug-likeness (QED) is 0.532. The third kappa shape index (κ3) is 3.23. The molecule has 0 aliphatic carbocycles. The van der Waals surface area contributed by atoms with Crippen molar-refractivity contribution in [3.8, 4) is 5.69 Å². The van der Waals surface area contributed by atoms with Gasteiger partial charge < -0.3 is 5.32 Å². The number of nitro benzene ring substituents is 1. The molecule has 1 aliphatic rings. The van der Waals surface area contributed by atoms with Crippen LogP contribution in [0.15, 0.2) is 41.8 Å². The molecule has 0 radical (unpaired) electrons. The molecule has 9 heteroatoms. The second kappa shape index (κ2) is 6.93. The number of aromatic nitrogens is 2. The summed E-state index contributed by atoms with van der Waals surface area (Å²) in [5.41, 5.74) is 2.67. The lowest BCUT2D eigenvalue weighted by Gasteiger charge is -2.10. The normalized spacial score (nSPS) is 12.8. The molecule has 0 saturated heterocycles. The van der Waals surface area contributed by atoms with Crippen LogP contribution < -0.4 is 5.32 Å². The first-order valence-electron chi connectivity index (χ1n) is 7.87. The molecule has 1 aromatic carbocycles. The summed E-state index contributed by atoms with van der Waals surface area (Å²) in [5.74, 6) is 2.13. The molecule has 1 amide bonds. The Hall–Kier alpha value is -2.65. The number of rotatable bonds is 5. The fraction of sp³-hybridized carbons (Fsp3) is 0.176. The van der Waals surface area contributed by atoms with Crippen LogP contribution in [0.3, 0.4) is 0 Å². The van der Waals surface area contributed by atoms with Gasteiger partial charge in [0.1, 0.15) is 5.82 Å². The minimum atomic E-state index is -0.437. The summed E-state index contributed by atoms with van der Waals surface area (Å²) < 4.78 is 1.67. The monoisotopic (exact) mass is 386 g/mol. The van der Waals surface area contributed by atoms with E-state index in [1.54, 1.807) is 39.9 Å². The molecule has 0 atom stereocenters. The van der Waals surface area contributed by atoms with E-state index in [4.69, 9.17) is 0 Å². The molecular formula is C17H14N4O3S2. The zero-order valence-corrected chi connectivity index (χ0v) is 15.2. The van der Waals surface area contributed by atoms with Crippen molar-refractivity contribution in [2.24, 2.45) is 0 Å². The van der Waals surface area contributed by atoms with E-state index in [-0.39, 0.29) is 11.6 Å². The second-order valence-corrected chi connectivity index (χ2v) is 7.77. The number of nitrogens with one attached hydrogen (secondary N) is 1. The lowest BCUT2D eigenvalue weighted by atomic mass is 10.2. The van der Waals surface area contributed by atoms with Gasteiger partial charge >= 0.3 is 0 Å². The summed E-state index contributed by atoms with van der Waals surface area (Å²) in [6.45, 7) is 0. The molecule has 4 rings (SSSR count). The highest BCUT2D eigenvalue weighted by molar-refractivity contribution is 7.98. The molecule has 3 heterocycles. The van der Waals surface area contributed by atoms with Gasteiger partial charge in [-0.2, -0.15) is 16.9 Å². The maximum absolute atomic E-state index is 12.5. The number of thiophene rings is 1. The van der Waals surface area contributed by atoms with E-state index in [1.165, 1.54) is 12.1 Å². The first kappa shape index (κ1) is 16.8. The van der Waals surface area contributed by atoms with Crippen molar-refractivity contribution in [1.29, 1.82) is 0 Å². The number of hydrogen-bond donors (Lipinski definition) is 1. The Morgan fingerprint density at radius 2 is 2.08 bits per heavy atom. The standard InChI is InChI=1S/C17H14N4O3S2/c22-16(8-13-2-1-7-26-13)18-17-14-9-25-10-15(14)19-20(17)11-3-5-12(6-4-11)21(23)24/h1-7H,8-10H2,(H,18,22). The van der Waals surface area contributed by atoms with Crippen LogP contribution in [0.1, 0.15) is 16.1 Å². The number of anilines is 1. The van der Waals surface area contributed by atoms with Gasteiger partial charge in [0.2, 0.25) is 5.91 Å². The van der Waals surface area contributed by atoms with E-state index in [1.807, 2.05) is 17.5 Å². The van der Waals surface area contributed by atoms with Gasteiger partial charge in [-0.05, 0) is 23.6 Å². The van der Waals surface area contributed by atoms with Crippen LogP contribution in [0.5, 0.6) is 0 Å². The van der Waals surface area contributed by atoms with Gasteiger partial charge in [-0.3, -0.25) is 14.9 Å². The van der Waals surface area contributed by atoms with Gasteiger partial charge in [0.15, 0.2) is 0 Å². The molecule has 1 aliphatic heterocycles. The number of amides is 1. The van der Waals surface area contributed by atoms with Crippen LogP contribution in [-0.2, 0) is 22.7 Å². The Bertz CT molecular complexity index is 965. The summed E-state index contributed by atoms with van der Waals surface area (Å²) >= 11 is 3.29. The number of carbonyl (C=O) groups is 1. The number of nitrogens with zero attached hydrogens (tertiary/aromatic N) is 3. The molecule has 7 nitrogen and oxygen atoms in total. The minimum Gasteiger partial charge on any atom is -0.310 e. The van der Waals surface area contributed by atoms with Crippen molar-refractivity contribution >= 4 is 40.5 Å². The minimum absolute atomic E-state index is 0.0206. The zero-order valence-electron chi connectivity index (χ0n) is 13.5. The van der Waals surface area contributed by atoms with Gasteiger partial charge in [0, 0.05) is 34.1 Å². The summed E-state index contributed by atoms with van der Waals surface area (Å²) in [6, 6.07) is 10.0. The predicted octanol–water partition coefficient (Wildman–Crippen LogP) is 3.77. The van der Waals surface area contributed by atoms with Crippen LogP contribution in [0, 0.1) is 10.1 Å². The van der Waals surface area contributed by atoms with E-state index in [9.17, 15) is 14.9 Å². The van der Waals surface area contributed by atoms with E-state index < -0.39 is 4.92 Å². The van der Waals surface area contributed by atoms with E-state index in [2.05, 4.69) is 10.4 Å². The molecule has 132 valence electrons. The number of fused-ring (bicyclic) bond motifs is 1. The van der Waals surface area contributed by atoms with Crippen molar-refractivity contribution in [3.05, 3.63) is 68.0 Å². The van der Waals surface area contributed by atoms with Crippen LogP contribution in [0.2, 0.25) is 0 Å². The highest BCUT2D eigenvalue weighted by Gasteiger charge is 2.25. The fourth-order valence-electron chi connectivity index (χ4n) is 2.79. The van der Waals surface area contributed by atoms with Crippen LogP contribution >= 0.6 is 23.1 Å². The Labute approximate surface area is 157 Å². The highest BCUT2D eigenvalue weighted by Crippen LogP contribution is 2.36. The second-order valence-electron chi connectivity index (χ2n) is 5.76. The lowest BCUT2D eigenvalue weighted by Crippen LogP contribution is -2.17. The third-order valence-electron chi connectivity index (χ3n) is 4.03. The molecule has 2 aromatic heterocycles. The number of thioether (sulfide) groups is 1. The fourth-order valence-corrected chi connectivity index (χ4v) is 4.53. The van der Waals surface area contributed by atoms with Gasteiger partial charge in [-0.25, -0.2) is 4.68 Å². The summed E-state index contributed by atoms with van der Waals surface area (Å²) in [5, 5.41) is 20.4. The van der Waals surface area contributed by atoms with Crippen LogP contribution in [0.4, 0.5) is 11.5 Å². The Kier molecular flexibility index (Phi) is 4.48. The van der Waals surface area contributed by atoms with Gasteiger partial charge in [-0.15, -0.1) is 11.3 Å². The number of non-ortho nitro benzene ring substituents is 1.